The fourth-order valence-corrected chi connectivity index (χ4v) is 1.79. The number of H-pyrrole nitrogens is 1. The summed E-state index contributed by atoms with van der Waals surface area (Å²) in [5.41, 5.74) is -0.0934. The van der Waals surface area contributed by atoms with Gasteiger partial charge in [-0.05, 0) is 32.5 Å². The van der Waals surface area contributed by atoms with Crippen molar-refractivity contribution >= 4 is 5.91 Å². The lowest BCUT2D eigenvalue weighted by Crippen LogP contribution is -2.41. The Morgan fingerprint density at radius 2 is 2.11 bits per heavy atom. The molecular weight excluding hydrogens is 244 g/mol. The van der Waals surface area contributed by atoms with Gasteiger partial charge in [0.05, 0.1) is 0 Å². The molecule has 1 aromatic rings. The number of nitrogens with one attached hydrogen (secondary N) is 2. The van der Waals surface area contributed by atoms with E-state index in [4.69, 9.17) is 0 Å². The summed E-state index contributed by atoms with van der Waals surface area (Å²) in [6.07, 6.45) is 1.01. The Kier molecular flexibility index (Phi) is 5.69. The second-order valence-electron chi connectivity index (χ2n) is 5.26. The first kappa shape index (κ1) is 15.4. The van der Waals surface area contributed by atoms with Gasteiger partial charge in [0.2, 0.25) is 0 Å². The number of hydrogen-bond acceptors (Lipinski definition) is 4. The molecule has 1 amide bonds. The summed E-state index contributed by atoms with van der Waals surface area (Å²) in [5, 5.41) is 8.79. The van der Waals surface area contributed by atoms with Crippen LogP contribution in [-0.4, -0.2) is 47.7 Å². The lowest BCUT2D eigenvalue weighted by atomic mass is 10.0. The fraction of sp³-hybridized carbons (Fsp3) is 0.615. The van der Waals surface area contributed by atoms with Crippen LogP contribution in [0.5, 0.6) is 0 Å². The average molecular weight is 266 g/mol. The summed E-state index contributed by atoms with van der Waals surface area (Å²) < 4.78 is 0. The van der Waals surface area contributed by atoms with Crippen LogP contribution in [0.1, 0.15) is 30.8 Å². The second-order valence-corrected chi connectivity index (χ2v) is 5.26. The lowest BCUT2D eigenvalue weighted by molar-refractivity contribution is 0.0932. The highest BCUT2D eigenvalue weighted by Crippen LogP contribution is 2.08. The van der Waals surface area contributed by atoms with Crippen molar-refractivity contribution in [1.82, 2.24) is 20.4 Å². The van der Waals surface area contributed by atoms with Gasteiger partial charge in [0.1, 0.15) is 5.69 Å². The third-order valence-electron chi connectivity index (χ3n) is 2.88. The Morgan fingerprint density at radius 1 is 1.42 bits per heavy atom. The van der Waals surface area contributed by atoms with Gasteiger partial charge in [-0.15, -0.1) is 0 Å². The maximum absolute atomic E-state index is 11.9. The molecule has 0 aliphatic rings. The molecule has 6 heteroatoms. The molecule has 0 fully saturated rings. The number of aromatic nitrogens is 2. The first-order valence-electron chi connectivity index (χ1n) is 6.40. The van der Waals surface area contributed by atoms with Crippen LogP contribution in [-0.2, 0) is 0 Å². The van der Waals surface area contributed by atoms with Crippen molar-refractivity contribution in [2.45, 2.75) is 26.3 Å². The van der Waals surface area contributed by atoms with Crippen LogP contribution in [0.2, 0.25) is 0 Å². The highest BCUT2D eigenvalue weighted by Gasteiger charge is 2.15. The van der Waals surface area contributed by atoms with Crippen molar-refractivity contribution in [2.75, 3.05) is 20.6 Å². The normalized spacial score (nSPS) is 12.7. The number of amides is 1. The number of carbonyl (C=O) groups excluding carboxylic acids is 1. The van der Waals surface area contributed by atoms with Crippen molar-refractivity contribution in [3.8, 4) is 0 Å². The maximum atomic E-state index is 11.9. The molecule has 0 spiro atoms. The Bertz CT molecular complexity index is 447. The van der Waals surface area contributed by atoms with E-state index in [1.165, 1.54) is 12.1 Å². The van der Waals surface area contributed by atoms with Crippen LogP contribution in [0.25, 0.3) is 0 Å². The predicted octanol–water partition coefficient (Wildman–Crippen LogP) is 0.476. The van der Waals surface area contributed by atoms with Crippen LogP contribution >= 0.6 is 0 Å². The van der Waals surface area contributed by atoms with E-state index in [0.717, 1.165) is 6.42 Å². The largest absolute Gasteiger partial charge is 0.349 e. The molecule has 0 unspecified atom stereocenters. The molecule has 0 aromatic carbocycles. The molecular formula is C13H22N4O2. The third-order valence-corrected chi connectivity index (χ3v) is 2.88. The average Bonchev–Trinajstić information content (AvgIpc) is 2.34. The standard InChI is InChI=1S/C13H22N4O2/c1-9(2)7-10(17(3)4)8-14-13(19)11-5-6-12(18)16-15-11/h5-6,9-10H,7-8H2,1-4H3,(H,14,19)(H,16,18)/t10-/m1/s1. The number of likely N-dealkylation sites (N-methyl/N-ethyl adjacent to an activating group) is 1. The van der Waals surface area contributed by atoms with E-state index in [2.05, 4.69) is 34.3 Å². The monoisotopic (exact) mass is 266 g/mol. The molecule has 106 valence electrons. The Balaban J connectivity index is 2.56. The summed E-state index contributed by atoms with van der Waals surface area (Å²) in [7, 11) is 3.99. The van der Waals surface area contributed by atoms with Crippen LogP contribution in [0, 0.1) is 5.92 Å². The SMILES string of the molecule is CC(C)C[C@H](CNC(=O)c1ccc(=O)[nH]n1)N(C)C. The van der Waals surface area contributed by atoms with Gasteiger partial charge in [0, 0.05) is 18.7 Å². The zero-order valence-corrected chi connectivity index (χ0v) is 11.9. The minimum absolute atomic E-state index is 0.224. The van der Waals surface area contributed by atoms with Gasteiger partial charge in [-0.25, -0.2) is 5.10 Å². The number of carbonyl (C=O) groups is 1. The molecule has 0 saturated carbocycles. The van der Waals surface area contributed by atoms with E-state index in [9.17, 15) is 9.59 Å². The Morgan fingerprint density at radius 3 is 2.58 bits per heavy atom. The second kappa shape index (κ2) is 7.04. The smallest absolute Gasteiger partial charge is 0.271 e. The summed E-state index contributed by atoms with van der Waals surface area (Å²) in [5.74, 6) is 0.294. The van der Waals surface area contributed by atoms with E-state index in [1.54, 1.807) is 0 Å². The molecule has 1 rings (SSSR count). The van der Waals surface area contributed by atoms with E-state index < -0.39 is 0 Å². The van der Waals surface area contributed by atoms with Gasteiger partial charge in [0.15, 0.2) is 0 Å². The molecule has 0 radical (unpaired) electrons. The first-order valence-corrected chi connectivity index (χ1v) is 6.40. The predicted molar refractivity (Wildman–Crippen MR) is 74.1 cm³/mol. The van der Waals surface area contributed by atoms with Gasteiger partial charge < -0.3 is 10.2 Å². The van der Waals surface area contributed by atoms with E-state index >= 15 is 0 Å². The zero-order valence-electron chi connectivity index (χ0n) is 11.9. The van der Waals surface area contributed by atoms with E-state index in [0.29, 0.717) is 12.5 Å². The van der Waals surface area contributed by atoms with E-state index in [1.807, 2.05) is 14.1 Å². The quantitative estimate of drug-likeness (QED) is 0.785. The van der Waals surface area contributed by atoms with Crippen molar-refractivity contribution in [3.63, 3.8) is 0 Å². The molecule has 19 heavy (non-hydrogen) atoms. The zero-order chi connectivity index (χ0) is 14.4. The van der Waals surface area contributed by atoms with Crippen molar-refractivity contribution in [2.24, 2.45) is 5.92 Å². The minimum atomic E-state index is -0.317. The van der Waals surface area contributed by atoms with Gasteiger partial charge in [-0.1, -0.05) is 13.8 Å². The number of aromatic amines is 1. The molecule has 6 nitrogen and oxygen atoms in total. The third kappa shape index (κ3) is 5.21. The highest BCUT2D eigenvalue weighted by molar-refractivity contribution is 5.91. The molecule has 2 N–H and O–H groups in total. The molecule has 0 saturated heterocycles. The first-order chi connectivity index (χ1) is 8.90. The van der Waals surface area contributed by atoms with Crippen molar-refractivity contribution in [3.05, 3.63) is 28.2 Å². The summed E-state index contributed by atoms with van der Waals surface area (Å²) in [6.45, 7) is 4.87. The minimum Gasteiger partial charge on any atom is -0.349 e. The van der Waals surface area contributed by atoms with Crippen molar-refractivity contribution in [1.29, 1.82) is 0 Å². The molecule has 0 aliphatic heterocycles. The summed E-state index contributed by atoms with van der Waals surface area (Å²) in [6, 6.07) is 2.99. The number of hydrogen-bond donors (Lipinski definition) is 2. The number of nitrogens with zero attached hydrogens (tertiary/aromatic N) is 2. The van der Waals surface area contributed by atoms with Crippen LogP contribution in [0.4, 0.5) is 0 Å². The Labute approximate surface area is 113 Å². The topological polar surface area (TPSA) is 78.1 Å². The fourth-order valence-electron chi connectivity index (χ4n) is 1.79. The molecule has 0 aliphatic carbocycles. The molecule has 1 atom stereocenters. The Hall–Kier alpha value is -1.69. The maximum Gasteiger partial charge on any atom is 0.271 e. The highest BCUT2D eigenvalue weighted by atomic mass is 16.2. The van der Waals surface area contributed by atoms with Gasteiger partial charge >= 0.3 is 0 Å². The van der Waals surface area contributed by atoms with Gasteiger partial charge in [0.25, 0.3) is 11.5 Å². The molecule has 1 heterocycles. The molecule has 0 bridgehead atoms. The molecule has 1 aromatic heterocycles. The van der Waals surface area contributed by atoms with E-state index in [-0.39, 0.29) is 23.2 Å². The summed E-state index contributed by atoms with van der Waals surface area (Å²) >= 11 is 0. The van der Waals surface area contributed by atoms with Gasteiger partial charge in [-0.2, -0.15) is 5.10 Å². The van der Waals surface area contributed by atoms with Gasteiger partial charge in [-0.3, -0.25) is 9.59 Å². The van der Waals surface area contributed by atoms with Crippen molar-refractivity contribution < 1.29 is 4.79 Å². The lowest BCUT2D eigenvalue weighted by Gasteiger charge is -2.26. The summed E-state index contributed by atoms with van der Waals surface area (Å²) in [4.78, 5) is 24.8. The van der Waals surface area contributed by atoms with Crippen LogP contribution in [0.15, 0.2) is 16.9 Å². The van der Waals surface area contributed by atoms with Crippen LogP contribution in [0.3, 0.4) is 0 Å². The van der Waals surface area contributed by atoms with Crippen LogP contribution < -0.4 is 10.9 Å². The number of rotatable bonds is 6.